The molecule has 1 aromatic rings. The van der Waals surface area contributed by atoms with Crippen LogP contribution in [0.1, 0.15) is 26.2 Å². The van der Waals surface area contributed by atoms with Crippen molar-refractivity contribution in [3.63, 3.8) is 0 Å². The summed E-state index contributed by atoms with van der Waals surface area (Å²) in [5, 5.41) is 0. The van der Waals surface area contributed by atoms with E-state index in [0.29, 0.717) is 10.6 Å². The second kappa shape index (κ2) is 5.91. The molecule has 0 radical (unpaired) electrons. The Labute approximate surface area is 86.8 Å². The van der Waals surface area contributed by atoms with Crippen molar-refractivity contribution in [3.05, 3.63) is 30.1 Å². The van der Waals surface area contributed by atoms with Gasteiger partial charge in [0.25, 0.3) is 0 Å². The zero-order valence-corrected chi connectivity index (χ0v) is 9.15. The molecule has 0 heterocycles. The fraction of sp³-hybridized carbons (Fsp3) is 0.455. The predicted molar refractivity (Wildman–Crippen MR) is 57.2 cm³/mol. The van der Waals surface area contributed by atoms with Gasteiger partial charge in [0.1, 0.15) is 5.82 Å². The first-order chi connectivity index (χ1) is 6.74. The molecule has 0 fully saturated rings. The number of rotatable bonds is 5. The molecule has 0 aliphatic carbocycles. The van der Waals surface area contributed by atoms with Gasteiger partial charge in [-0.25, -0.2) is 4.39 Å². The number of benzene rings is 1. The first kappa shape index (κ1) is 11.4. The molecule has 3 heteroatoms. The van der Waals surface area contributed by atoms with Gasteiger partial charge in [-0.05, 0) is 24.6 Å². The van der Waals surface area contributed by atoms with E-state index in [1.165, 1.54) is 12.1 Å². The monoisotopic (exact) mass is 214 g/mol. The van der Waals surface area contributed by atoms with Gasteiger partial charge in [-0.2, -0.15) is 0 Å². The van der Waals surface area contributed by atoms with E-state index in [0.717, 1.165) is 19.3 Å². The van der Waals surface area contributed by atoms with Gasteiger partial charge in [-0.3, -0.25) is 4.21 Å². The van der Waals surface area contributed by atoms with E-state index >= 15 is 0 Å². The highest BCUT2D eigenvalue weighted by Crippen LogP contribution is 2.10. The molecule has 0 spiro atoms. The van der Waals surface area contributed by atoms with Crippen LogP contribution in [0.25, 0.3) is 0 Å². The molecule has 1 nitrogen and oxygen atoms in total. The summed E-state index contributed by atoms with van der Waals surface area (Å²) in [5.74, 6) is 0.323. The first-order valence-corrected chi connectivity index (χ1v) is 6.20. The van der Waals surface area contributed by atoms with Crippen molar-refractivity contribution < 1.29 is 8.60 Å². The molecule has 1 atom stereocenters. The summed E-state index contributed by atoms with van der Waals surface area (Å²) in [7, 11) is -1.04. The second-order valence-corrected chi connectivity index (χ2v) is 4.78. The fourth-order valence-electron chi connectivity index (χ4n) is 1.21. The molecule has 0 saturated carbocycles. The summed E-state index contributed by atoms with van der Waals surface area (Å²) in [6.45, 7) is 2.10. The fourth-order valence-corrected chi connectivity index (χ4v) is 2.39. The summed E-state index contributed by atoms with van der Waals surface area (Å²) < 4.78 is 24.4. The zero-order valence-electron chi connectivity index (χ0n) is 8.33. The van der Waals surface area contributed by atoms with Crippen molar-refractivity contribution >= 4 is 10.8 Å². The van der Waals surface area contributed by atoms with E-state index in [1.54, 1.807) is 12.1 Å². The highest BCUT2D eigenvalue weighted by molar-refractivity contribution is 7.85. The summed E-state index contributed by atoms with van der Waals surface area (Å²) in [6, 6.07) is 6.03. The maximum atomic E-state index is 12.8. The number of unbranched alkanes of at least 4 members (excludes halogenated alkanes) is 2. The van der Waals surface area contributed by atoms with Gasteiger partial charge in [-0.15, -0.1) is 0 Å². The predicted octanol–water partition coefficient (Wildman–Crippen LogP) is 3.12. The maximum absolute atomic E-state index is 12.8. The minimum atomic E-state index is -1.04. The second-order valence-electron chi connectivity index (χ2n) is 3.21. The molecular formula is C11H15FOS. The number of hydrogen-bond acceptors (Lipinski definition) is 1. The molecule has 0 N–H and O–H groups in total. The molecule has 0 bridgehead atoms. The minimum Gasteiger partial charge on any atom is -0.254 e. The van der Waals surface area contributed by atoms with E-state index in [1.807, 2.05) is 0 Å². The summed E-state index contributed by atoms with van der Waals surface area (Å²) >= 11 is 0. The van der Waals surface area contributed by atoms with Crippen molar-refractivity contribution in [2.75, 3.05) is 5.75 Å². The van der Waals surface area contributed by atoms with Crippen LogP contribution in [0.2, 0.25) is 0 Å². The Morgan fingerprint density at radius 2 is 2.14 bits per heavy atom. The van der Waals surface area contributed by atoms with Crippen LogP contribution in [0.15, 0.2) is 29.2 Å². The maximum Gasteiger partial charge on any atom is 0.124 e. The SMILES string of the molecule is CCCCCS(=O)c1cccc(F)c1. The zero-order chi connectivity index (χ0) is 10.4. The average molecular weight is 214 g/mol. The van der Waals surface area contributed by atoms with Crippen LogP contribution in [0, 0.1) is 5.82 Å². The third-order valence-corrected chi connectivity index (χ3v) is 3.43. The molecule has 0 aromatic heterocycles. The summed E-state index contributed by atoms with van der Waals surface area (Å²) in [6.07, 6.45) is 3.14. The Morgan fingerprint density at radius 1 is 1.36 bits per heavy atom. The van der Waals surface area contributed by atoms with Crippen molar-refractivity contribution in [1.82, 2.24) is 0 Å². The Kier molecular flexibility index (Phi) is 4.80. The molecule has 1 aromatic carbocycles. The van der Waals surface area contributed by atoms with E-state index < -0.39 is 10.8 Å². The highest BCUT2D eigenvalue weighted by atomic mass is 32.2. The smallest absolute Gasteiger partial charge is 0.124 e. The molecule has 0 saturated heterocycles. The first-order valence-electron chi connectivity index (χ1n) is 4.88. The van der Waals surface area contributed by atoms with Gasteiger partial charge >= 0.3 is 0 Å². The molecular weight excluding hydrogens is 199 g/mol. The lowest BCUT2D eigenvalue weighted by Gasteiger charge is -2.01. The molecule has 14 heavy (non-hydrogen) atoms. The van der Waals surface area contributed by atoms with Crippen LogP contribution >= 0.6 is 0 Å². The minimum absolute atomic E-state index is 0.314. The molecule has 78 valence electrons. The van der Waals surface area contributed by atoms with Crippen LogP contribution < -0.4 is 0 Å². The lowest BCUT2D eigenvalue weighted by atomic mass is 10.3. The molecule has 1 rings (SSSR count). The third kappa shape index (κ3) is 3.58. The van der Waals surface area contributed by atoms with Crippen molar-refractivity contribution in [3.8, 4) is 0 Å². The molecule has 0 aliphatic rings. The van der Waals surface area contributed by atoms with Gasteiger partial charge in [0.2, 0.25) is 0 Å². The van der Waals surface area contributed by atoms with Gasteiger partial charge in [0.15, 0.2) is 0 Å². The molecule has 1 unspecified atom stereocenters. The lowest BCUT2D eigenvalue weighted by Crippen LogP contribution is -1.98. The van der Waals surface area contributed by atoms with Crippen LogP contribution in [0.5, 0.6) is 0 Å². The van der Waals surface area contributed by atoms with Crippen molar-refractivity contribution in [1.29, 1.82) is 0 Å². The van der Waals surface area contributed by atoms with Crippen LogP contribution in [0.3, 0.4) is 0 Å². The van der Waals surface area contributed by atoms with E-state index in [2.05, 4.69) is 6.92 Å². The van der Waals surface area contributed by atoms with Gasteiger partial charge in [0.05, 0.1) is 10.8 Å². The largest absolute Gasteiger partial charge is 0.254 e. The Morgan fingerprint density at radius 3 is 2.79 bits per heavy atom. The van der Waals surface area contributed by atoms with Crippen LogP contribution in [0.4, 0.5) is 4.39 Å². The Bertz CT molecular complexity index is 312. The standard InChI is InChI=1S/C11H15FOS/c1-2-3-4-8-14(13)11-7-5-6-10(12)9-11/h5-7,9H,2-4,8H2,1H3. The van der Waals surface area contributed by atoms with E-state index in [-0.39, 0.29) is 5.82 Å². The number of halogens is 1. The van der Waals surface area contributed by atoms with Crippen molar-refractivity contribution in [2.24, 2.45) is 0 Å². The molecule has 0 aliphatic heterocycles. The third-order valence-electron chi connectivity index (χ3n) is 1.99. The lowest BCUT2D eigenvalue weighted by molar-refractivity contribution is 0.622. The van der Waals surface area contributed by atoms with Crippen LogP contribution in [-0.2, 0) is 10.8 Å². The normalized spacial score (nSPS) is 12.7. The quantitative estimate of drug-likeness (QED) is 0.688. The van der Waals surface area contributed by atoms with Crippen LogP contribution in [-0.4, -0.2) is 9.96 Å². The van der Waals surface area contributed by atoms with E-state index in [4.69, 9.17) is 0 Å². The van der Waals surface area contributed by atoms with Gasteiger partial charge in [-0.1, -0.05) is 25.8 Å². The Balaban J connectivity index is 2.52. The van der Waals surface area contributed by atoms with Crippen molar-refractivity contribution in [2.45, 2.75) is 31.1 Å². The molecule has 0 amide bonds. The summed E-state index contributed by atoms with van der Waals surface area (Å²) in [4.78, 5) is 0.598. The number of hydrogen-bond donors (Lipinski definition) is 0. The average Bonchev–Trinajstić information content (AvgIpc) is 2.18. The topological polar surface area (TPSA) is 17.1 Å². The van der Waals surface area contributed by atoms with Gasteiger partial charge in [0, 0.05) is 10.6 Å². The van der Waals surface area contributed by atoms with E-state index in [9.17, 15) is 8.60 Å². The highest BCUT2D eigenvalue weighted by Gasteiger charge is 2.03. The summed E-state index contributed by atoms with van der Waals surface area (Å²) in [5.41, 5.74) is 0. The Hall–Kier alpha value is -0.700. The van der Waals surface area contributed by atoms with Gasteiger partial charge < -0.3 is 0 Å².